The van der Waals surface area contributed by atoms with Gasteiger partial charge in [-0.1, -0.05) is 6.92 Å². The van der Waals surface area contributed by atoms with E-state index in [1.807, 2.05) is 18.9 Å². The molecule has 2 heteroatoms. The van der Waals surface area contributed by atoms with Crippen molar-refractivity contribution in [2.45, 2.75) is 26.5 Å². The molecule has 50 valence electrons. The summed E-state index contributed by atoms with van der Waals surface area (Å²) >= 11 is 0. The largest absolute Gasteiger partial charge is 0.376 e. The van der Waals surface area contributed by atoms with Crippen LogP contribution in [0.2, 0.25) is 0 Å². The molecule has 8 heavy (non-hydrogen) atoms. The molecular weight excluding hydrogens is 102 g/mol. The molecule has 0 unspecified atom stereocenters. The van der Waals surface area contributed by atoms with Crippen LogP contribution >= 0.6 is 0 Å². The van der Waals surface area contributed by atoms with Crippen molar-refractivity contribution in [3.05, 3.63) is 0 Å². The first-order chi connectivity index (χ1) is 3.48. The summed E-state index contributed by atoms with van der Waals surface area (Å²) < 4.78 is 0. The van der Waals surface area contributed by atoms with Crippen LogP contribution in [0.5, 0.6) is 0 Å². The van der Waals surface area contributed by atoms with Gasteiger partial charge in [0.1, 0.15) is 5.72 Å². The average Bonchev–Trinajstić information content (AvgIpc) is 1.62. The fraction of sp³-hybridized carbons (Fsp3) is 1.00. The van der Waals surface area contributed by atoms with Gasteiger partial charge in [-0.15, -0.1) is 0 Å². The molecule has 0 aliphatic rings. The molecule has 0 aromatic carbocycles. The van der Waals surface area contributed by atoms with Gasteiger partial charge in [-0.2, -0.15) is 0 Å². The van der Waals surface area contributed by atoms with E-state index in [9.17, 15) is 5.11 Å². The maximum absolute atomic E-state index is 9.21. The number of nitrogens with zero attached hydrogens (tertiary/aromatic N) is 1. The molecule has 0 radical (unpaired) electrons. The van der Waals surface area contributed by atoms with Gasteiger partial charge in [0.05, 0.1) is 0 Å². The minimum Gasteiger partial charge on any atom is -0.376 e. The normalized spacial score (nSPS) is 12.8. The predicted octanol–water partition coefficient (Wildman–Crippen LogP) is 0.667. The van der Waals surface area contributed by atoms with Crippen LogP contribution in [-0.4, -0.2) is 29.3 Å². The number of hydrogen-bond donors (Lipinski definition) is 1. The molecule has 0 heterocycles. The van der Waals surface area contributed by atoms with Crippen LogP contribution < -0.4 is 0 Å². The Hall–Kier alpha value is -0.0800. The highest BCUT2D eigenvalue weighted by molar-refractivity contribution is 4.61. The van der Waals surface area contributed by atoms with Gasteiger partial charge in [-0.25, -0.2) is 0 Å². The zero-order valence-corrected chi connectivity index (χ0v) is 6.10. The summed E-state index contributed by atoms with van der Waals surface area (Å²) in [5, 5.41) is 9.21. The fourth-order valence-electron chi connectivity index (χ4n) is 0.387. The van der Waals surface area contributed by atoms with E-state index in [4.69, 9.17) is 0 Å². The Labute approximate surface area is 51.1 Å². The first kappa shape index (κ1) is 7.92. The fourth-order valence-corrected chi connectivity index (χ4v) is 0.387. The Morgan fingerprint density at radius 1 is 1.50 bits per heavy atom. The topological polar surface area (TPSA) is 23.5 Å². The van der Waals surface area contributed by atoms with Crippen LogP contribution in [0, 0.1) is 0 Å². The molecule has 0 rings (SSSR count). The van der Waals surface area contributed by atoms with E-state index in [2.05, 4.69) is 0 Å². The number of aliphatic hydroxyl groups is 1. The van der Waals surface area contributed by atoms with Crippen molar-refractivity contribution in [3.63, 3.8) is 0 Å². The molecule has 1 N–H and O–H groups in total. The highest BCUT2D eigenvalue weighted by Gasteiger charge is 2.16. The van der Waals surface area contributed by atoms with Crippen LogP contribution in [0.15, 0.2) is 0 Å². The van der Waals surface area contributed by atoms with Gasteiger partial charge < -0.3 is 5.11 Å². The Bertz CT molecular complexity index is 65.4. The molecule has 0 amide bonds. The molecule has 0 saturated heterocycles. The third-order valence-electron chi connectivity index (χ3n) is 1.41. The smallest absolute Gasteiger partial charge is 0.112 e. The summed E-state index contributed by atoms with van der Waals surface area (Å²) in [6.45, 7) is 6.44. The number of hydrogen-bond acceptors (Lipinski definition) is 2. The Morgan fingerprint density at radius 3 is 1.88 bits per heavy atom. The summed E-state index contributed by atoms with van der Waals surface area (Å²) in [6, 6.07) is 0. The maximum Gasteiger partial charge on any atom is 0.112 e. The Kier molecular flexibility index (Phi) is 2.44. The van der Waals surface area contributed by atoms with Gasteiger partial charge in [-0.05, 0) is 27.4 Å². The molecule has 0 bridgehead atoms. The van der Waals surface area contributed by atoms with Crippen molar-refractivity contribution in [2.75, 3.05) is 13.6 Å². The predicted molar refractivity (Wildman–Crippen MR) is 34.6 cm³/mol. The molecule has 0 spiro atoms. The van der Waals surface area contributed by atoms with Crippen molar-refractivity contribution in [1.82, 2.24) is 4.90 Å². The van der Waals surface area contributed by atoms with Gasteiger partial charge in [-0.3, -0.25) is 4.90 Å². The van der Waals surface area contributed by atoms with E-state index in [0.717, 1.165) is 6.54 Å². The van der Waals surface area contributed by atoms with Crippen molar-refractivity contribution >= 4 is 0 Å². The molecular formula is C6H15NO. The third kappa shape index (κ3) is 2.28. The Balaban J connectivity index is 3.62. The number of rotatable bonds is 2. The lowest BCUT2D eigenvalue weighted by molar-refractivity contribution is -0.0601. The molecule has 0 aromatic heterocycles. The van der Waals surface area contributed by atoms with E-state index in [1.165, 1.54) is 0 Å². The van der Waals surface area contributed by atoms with E-state index < -0.39 is 5.72 Å². The first-order valence-corrected chi connectivity index (χ1v) is 2.92. The monoisotopic (exact) mass is 117 g/mol. The summed E-state index contributed by atoms with van der Waals surface area (Å²) in [7, 11) is 1.89. The van der Waals surface area contributed by atoms with Gasteiger partial charge in [0.2, 0.25) is 0 Å². The maximum atomic E-state index is 9.21. The van der Waals surface area contributed by atoms with Crippen molar-refractivity contribution < 1.29 is 5.11 Å². The van der Waals surface area contributed by atoms with Crippen LogP contribution in [0.25, 0.3) is 0 Å². The molecule has 0 aliphatic heterocycles. The van der Waals surface area contributed by atoms with Crippen molar-refractivity contribution in [1.29, 1.82) is 0 Å². The van der Waals surface area contributed by atoms with E-state index in [1.54, 1.807) is 13.8 Å². The second-order valence-electron chi connectivity index (χ2n) is 2.51. The van der Waals surface area contributed by atoms with E-state index in [-0.39, 0.29) is 0 Å². The minimum absolute atomic E-state index is 0.658. The SMILES string of the molecule is CCN(C)C(C)(C)O. The minimum atomic E-state index is -0.658. The lowest BCUT2D eigenvalue weighted by atomic mass is 10.3. The summed E-state index contributed by atoms with van der Waals surface area (Å²) in [5.41, 5.74) is -0.658. The zero-order valence-electron chi connectivity index (χ0n) is 6.10. The summed E-state index contributed by atoms with van der Waals surface area (Å²) in [5.74, 6) is 0. The quantitative estimate of drug-likeness (QED) is 0.537. The second-order valence-corrected chi connectivity index (χ2v) is 2.51. The zero-order chi connectivity index (χ0) is 6.78. The first-order valence-electron chi connectivity index (χ1n) is 2.92. The van der Waals surface area contributed by atoms with E-state index >= 15 is 0 Å². The van der Waals surface area contributed by atoms with Gasteiger partial charge in [0, 0.05) is 0 Å². The van der Waals surface area contributed by atoms with Gasteiger partial charge >= 0.3 is 0 Å². The molecule has 0 saturated carbocycles. The average molecular weight is 117 g/mol. The second kappa shape index (κ2) is 2.46. The lowest BCUT2D eigenvalue weighted by Gasteiger charge is -2.28. The molecule has 0 aliphatic carbocycles. The van der Waals surface area contributed by atoms with Gasteiger partial charge in [0.15, 0.2) is 0 Å². The van der Waals surface area contributed by atoms with Crippen LogP contribution in [0.3, 0.4) is 0 Å². The molecule has 0 aromatic rings. The standard InChI is InChI=1S/C6H15NO/c1-5-7(4)6(2,3)8/h8H,5H2,1-4H3. The van der Waals surface area contributed by atoms with Crippen molar-refractivity contribution in [3.8, 4) is 0 Å². The summed E-state index contributed by atoms with van der Waals surface area (Å²) in [6.07, 6.45) is 0. The van der Waals surface area contributed by atoms with Crippen LogP contribution in [0.4, 0.5) is 0 Å². The lowest BCUT2D eigenvalue weighted by Crippen LogP contribution is -2.40. The molecule has 0 atom stereocenters. The highest BCUT2D eigenvalue weighted by atomic mass is 16.3. The highest BCUT2D eigenvalue weighted by Crippen LogP contribution is 2.04. The Morgan fingerprint density at radius 2 is 1.88 bits per heavy atom. The summed E-state index contributed by atoms with van der Waals surface area (Å²) in [4.78, 5) is 1.87. The van der Waals surface area contributed by atoms with Crippen molar-refractivity contribution in [2.24, 2.45) is 0 Å². The van der Waals surface area contributed by atoms with Crippen LogP contribution in [0.1, 0.15) is 20.8 Å². The van der Waals surface area contributed by atoms with Gasteiger partial charge in [0.25, 0.3) is 0 Å². The van der Waals surface area contributed by atoms with Crippen LogP contribution in [-0.2, 0) is 0 Å². The third-order valence-corrected chi connectivity index (χ3v) is 1.41. The molecule has 2 nitrogen and oxygen atoms in total. The molecule has 0 fully saturated rings. The van der Waals surface area contributed by atoms with E-state index in [0.29, 0.717) is 0 Å².